The van der Waals surface area contributed by atoms with E-state index < -0.39 is 0 Å². The molecule has 4 nitrogen and oxygen atoms in total. The second kappa shape index (κ2) is 7.76. The number of benzene rings is 1. The summed E-state index contributed by atoms with van der Waals surface area (Å²) in [6.45, 7) is 0.930. The van der Waals surface area contributed by atoms with Crippen molar-refractivity contribution in [2.24, 2.45) is 0 Å². The van der Waals surface area contributed by atoms with Gasteiger partial charge in [-0.25, -0.2) is 0 Å². The maximum absolute atomic E-state index is 9.69. The molecular formula is C17H22N2O2. The molecule has 1 heterocycles. The van der Waals surface area contributed by atoms with Crippen molar-refractivity contribution in [1.82, 2.24) is 9.88 Å². The predicted molar refractivity (Wildman–Crippen MR) is 83.4 cm³/mol. The molecule has 0 amide bonds. The number of hydrogen-bond acceptors (Lipinski definition) is 4. The van der Waals surface area contributed by atoms with E-state index in [1.807, 2.05) is 55.7 Å². The summed E-state index contributed by atoms with van der Waals surface area (Å²) in [5, 5.41) is 9.69. The number of nitrogens with zero attached hydrogens (tertiary/aromatic N) is 2. The van der Waals surface area contributed by atoms with Gasteiger partial charge in [-0.15, -0.1) is 0 Å². The molecule has 1 atom stereocenters. The molecule has 0 spiro atoms. The topological polar surface area (TPSA) is 45.6 Å². The second-order valence-corrected chi connectivity index (χ2v) is 5.02. The van der Waals surface area contributed by atoms with Gasteiger partial charge in [0.05, 0.1) is 19.8 Å². The van der Waals surface area contributed by atoms with Crippen LogP contribution in [0.15, 0.2) is 48.7 Å². The Morgan fingerprint density at radius 2 is 1.95 bits per heavy atom. The Labute approximate surface area is 126 Å². The van der Waals surface area contributed by atoms with Gasteiger partial charge in [0.25, 0.3) is 0 Å². The Morgan fingerprint density at radius 1 is 1.19 bits per heavy atom. The number of pyridine rings is 1. The first-order valence-corrected chi connectivity index (χ1v) is 7.09. The van der Waals surface area contributed by atoms with E-state index in [-0.39, 0.29) is 12.6 Å². The van der Waals surface area contributed by atoms with Gasteiger partial charge in [0, 0.05) is 24.9 Å². The van der Waals surface area contributed by atoms with E-state index in [0.29, 0.717) is 0 Å². The first kappa shape index (κ1) is 15.5. The normalized spacial score (nSPS) is 12.4. The number of hydrogen-bond donors (Lipinski definition) is 1. The van der Waals surface area contributed by atoms with E-state index in [1.54, 1.807) is 7.11 Å². The zero-order chi connectivity index (χ0) is 15.1. The fourth-order valence-electron chi connectivity index (χ4n) is 2.32. The van der Waals surface area contributed by atoms with Crippen LogP contribution in [0.25, 0.3) is 0 Å². The summed E-state index contributed by atoms with van der Waals surface area (Å²) in [6.07, 6.45) is 2.67. The van der Waals surface area contributed by atoms with Crippen molar-refractivity contribution in [2.45, 2.75) is 12.5 Å². The summed E-state index contributed by atoms with van der Waals surface area (Å²) in [5.41, 5.74) is 2.15. The fraction of sp³-hybridized carbons (Fsp3) is 0.353. The van der Waals surface area contributed by atoms with E-state index in [4.69, 9.17) is 4.74 Å². The Hall–Kier alpha value is -1.91. The third-order valence-corrected chi connectivity index (χ3v) is 3.65. The molecule has 4 heteroatoms. The van der Waals surface area contributed by atoms with E-state index in [0.717, 1.165) is 30.0 Å². The van der Waals surface area contributed by atoms with Crippen molar-refractivity contribution in [3.8, 4) is 5.75 Å². The maximum Gasteiger partial charge on any atom is 0.118 e. The van der Waals surface area contributed by atoms with Crippen LogP contribution in [0.2, 0.25) is 0 Å². The minimum Gasteiger partial charge on any atom is -0.497 e. The number of aliphatic hydroxyl groups excluding tert-OH is 1. The lowest BCUT2D eigenvalue weighted by Crippen LogP contribution is -2.29. The molecule has 1 unspecified atom stereocenters. The third kappa shape index (κ3) is 4.28. The maximum atomic E-state index is 9.69. The molecule has 21 heavy (non-hydrogen) atoms. The molecule has 0 radical (unpaired) electrons. The molecule has 0 saturated carbocycles. The number of likely N-dealkylation sites (N-methyl/N-ethyl adjacent to an activating group) is 1. The van der Waals surface area contributed by atoms with Crippen LogP contribution >= 0.6 is 0 Å². The lowest BCUT2D eigenvalue weighted by molar-refractivity contribution is 0.149. The van der Waals surface area contributed by atoms with Crippen molar-refractivity contribution in [3.63, 3.8) is 0 Å². The summed E-state index contributed by atoms with van der Waals surface area (Å²) in [6, 6.07) is 13.8. The van der Waals surface area contributed by atoms with Crippen LogP contribution in [-0.2, 0) is 6.42 Å². The zero-order valence-electron chi connectivity index (χ0n) is 12.6. The molecule has 0 aliphatic rings. The van der Waals surface area contributed by atoms with Crippen LogP contribution < -0.4 is 4.74 Å². The zero-order valence-corrected chi connectivity index (χ0v) is 12.6. The van der Waals surface area contributed by atoms with Gasteiger partial charge in [-0.2, -0.15) is 0 Å². The molecular weight excluding hydrogens is 264 g/mol. The summed E-state index contributed by atoms with van der Waals surface area (Å²) in [5.74, 6) is 0.826. The Balaban J connectivity index is 1.98. The molecule has 112 valence electrons. The number of aromatic nitrogens is 1. The minimum atomic E-state index is -0.0142. The molecule has 0 aliphatic heterocycles. The van der Waals surface area contributed by atoms with Gasteiger partial charge in [-0.3, -0.25) is 9.88 Å². The molecule has 1 aromatic carbocycles. The average Bonchev–Trinajstić information content (AvgIpc) is 2.55. The Bertz CT molecular complexity index is 528. The second-order valence-electron chi connectivity index (χ2n) is 5.02. The number of ether oxygens (including phenoxy) is 1. The van der Waals surface area contributed by atoms with Gasteiger partial charge in [-0.05, 0) is 36.9 Å². The molecule has 0 aliphatic carbocycles. The average molecular weight is 286 g/mol. The molecule has 2 aromatic rings. The van der Waals surface area contributed by atoms with Crippen LogP contribution in [0.3, 0.4) is 0 Å². The Morgan fingerprint density at radius 3 is 2.52 bits per heavy atom. The SMILES string of the molecule is COc1ccc(C(CO)N(C)CCc2ccccn2)cc1. The molecule has 1 N–H and O–H groups in total. The van der Waals surface area contributed by atoms with E-state index in [1.165, 1.54) is 0 Å². The monoisotopic (exact) mass is 286 g/mol. The largest absolute Gasteiger partial charge is 0.497 e. The molecule has 2 rings (SSSR count). The molecule has 0 bridgehead atoms. The van der Waals surface area contributed by atoms with Gasteiger partial charge >= 0.3 is 0 Å². The highest BCUT2D eigenvalue weighted by Gasteiger charge is 2.16. The van der Waals surface area contributed by atoms with Gasteiger partial charge in [0.1, 0.15) is 5.75 Å². The molecule has 0 fully saturated rings. The van der Waals surface area contributed by atoms with Crippen LogP contribution in [-0.4, -0.2) is 42.3 Å². The van der Waals surface area contributed by atoms with E-state index in [2.05, 4.69) is 9.88 Å². The van der Waals surface area contributed by atoms with Crippen molar-refractivity contribution >= 4 is 0 Å². The summed E-state index contributed by atoms with van der Waals surface area (Å²) in [4.78, 5) is 6.47. The predicted octanol–water partition coefficient (Wildman–Crippen LogP) is 2.30. The van der Waals surface area contributed by atoms with E-state index >= 15 is 0 Å². The van der Waals surface area contributed by atoms with Crippen molar-refractivity contribution in [2.75, 3.05) is 27.3 Å². The summed E-state index contributed by atoms with van der Waals surface area (Å²) < 4.78 is 5.16. The molecule has 1 aromatic heterocycles. The van der Waals surface area contributed by atoms with Crippen LogP contribution in [0.4, 0.5) is 0 Å². The van der Waals surface area contributed by atoms with E-state index in [9.17, 15) is 5.11 Å². The number of rotatable bonds is 7. The van der Waals surface area contributed by atoms with Gasteiger partial charge in [0.2, 0.25) is 0 Å². The number of aliphatic hydroxyl groups is 1. The smallest absolute Gasteiger partial charge is 0.118 e. The third-order valence-electron chi connectivity index (χ3n) is 3.65. The fourth-order valence-corrected chi connectivity index (χ4v) is 2.32. The van der Waals surface area contributed by atoms with Crippen LogP contribution in [0.5, 0.6) is 5.75 Å². The highest BCUT2D eigenvalue weighted by atomic mass is 16.5. The quantitative estimate of drug-likeness (QED) is 0.848. The van der Waals surface area contributed by atoms with Gasteiger partial charge in [0.15, 0.2) is 0 Å². The minimum absolute atomic E-state index is 0.0142. The van der Waals surface area contributed by atoms with Gasteiger partial charge in [-0.1, -0.05) is 18.2 Å². The Kier molecular flexibility index (Phi) is 5.72. The standard InChI is InChI=1S/C17H22N2O2/c1-19(12-10-15-5-3-4-11-18-15)17(13-20)14-6-8-16(21-2)9-7-14/h3-9,11,17,20H,10,12-13H2,1-2H3. The first-order chi connectivity index (χ1) is 10.2. The number of methoxy groups -OCH3 is 1. The highest BCUT2D eigenvalue weighted by Crippen LogP contribution is 2.21. The summed E-state index contributed by atoms with van der Waals surface area (Å²) >= 11 is 0. The van der Waals surface area contributed by atoms with Crippen molar-refractivity contribution in [1.29, 1.82) is 0 Å². The lowest BCUT2D eigenvalue weighted by Gasteiger charge is -2.26. The highest BCUT2D eigenvalue weighted by molar-refractivity contribution is 5.29. The summed E-state index contributed by atoms with van der Waals surface area (Å²) in [7, 11) is 3.67. The van der Waals surface area contributed by atoms with Crippen molar-refractivity contribution in [3.05, 3.63) is 59.9 Å². The van der Waals surface area contributed by atoms with Crippen LogP contribution in [0.1, 0.15) is 17.3 Å². The molecule has 0 saturated heterocycles. The van der Waals surface area contributed by atoms with Crippen molar-refractivity contribution < 1.29 is 9.84 Å². The van der Waals surface area contributed by atoms with Crippen LogP contribution in [0, 0.1) is 0 Å². The lowest BCUT2D eigenvalue weighted by atomic mass is 10.1. The first-order valence-electron chi connectivity index (χ1n) is 7.09. The van der Waals surface area contributed by atoms with Gasteiger partial charge < -0.3 is 9.84 Å².